The van der Waals surface area contributed by atoms with Crippen LogP contribution in [-0.4, -0.2) is 5.78 Å². The zero-order valence-electron chi connectivity index (χ0n) is 7.44. The second-order valence-electron chi connectivity index (χ2n) is 5.19. The van der Waals surface area contributed by atoms with E-state index in [0.29, 0.717) is 16.6 Å². The molecule has 0 amide bonds. The number of Topliss-reactive ketones (excluding diaryl/α,β-unsaturated/α-hetero) is 1. The van der Waals surface area contributed by atoms with Gasteiger partial charge in [0.15, 0.2) is 0 Å². The first-order valence-corrected chi connectivity index (χ1v) is 4.53. The second kappa shape index (κ2) is 1.88. The third-order valence-corrected chi connectivity index (χ3v) is 3.43. The Morgan fingerprint density at radius 2 is 1.55 bits per heavy atom. The van der Waals surface area contributed by atoms with Crippen molar-refractivity contribution < 1.29 is 4.79 Å². The van der Waals surface area contributed by atoms with E-state index < -0.39 is 0 Å². The van der Waals surface area contributed by atoms with E-state index in [1.165, 1.54) is 19.3 Å². The molecule has 2 aliphatic carbocycles. The summed E-state index contributed by atoms with van der Waals surface area (Å²) in [6.45, 7) is 4.55. The molecule has 62 valence electrons. The van der Waals surface area contributed by atoms with E-state index in [1.54, 1.807) is 0 Å². The summed E-state index contributed by atoms with van der Waals surface area (Å²) in [7, 11) is 0. The fraction of sp³-hybridized carbons (Fsp3) is 0.900. The van der Waals surface area contributed by atoms with E-state index in [9.17, 15) is 4.79 Å². The third-order valence-electron chi connectivity index (χ3n) is 3.43. The van der Waals surface area contributed by atoms with Gasteiger partial charge in [-0.3, -0.25) is 4.79 Å². The highest BCUT2D eigenvalue weighted by molar-refractivity contribution is 5.81. The van der Waals surface area contributed by atoms with Gasteiger partial charge in [-0.1, -0.05) is 13.8 Å². The zero-order chi connectivity index (χ0) is 8.11. The van der Waals surface area contributed by atoms with E-state index in [-0.39, 0.29) is 0 Å². The van der Waals surface area contributed by atoms with Gasteiger partial charge in [-0.2, -0.15) is 0 Å². The first kappa shape index (κ1) is 7.33. The molecular formula is C10H16O. The second-order valence-corrected chi connectivity index (χ2v) is 5.19. The van der Waals surface area contributed by atoms with Crippen LogP contribution >= 0.6 is 0 Å². The van der Waals surface area contributed by atoms with E-state index >= 15 is 0 Å². The Balaban J connectivity index is 2.28. The summed E-state index contributed by atoms with van der Waals surface area (Å²) in [5, 5.41) is 0. The largest absolute Gasteiger partial charge is 0.300 e. The Morgan fingerprint density at radius 3 is 2.00 bits per heavy atom. The van der Waals surface area contributed by atoms with Crippen LogP contribution in [0.25, 0.3) is 0 Å². The molecule has 2 fully saturated rings. The van der Waals surface area contributed by atoms with Gasteiger partial charge in [0.25, 0.3) is 0 Å². The Kier molecular flexibility index (Phi) is 1.25. The summed E-state index contributed by atoms with van der Waals surface area (Å²) < 4.78 is 0. The van der Waals surface area contributed by atoms with Gasteiger partial charge in [-0.25, -0.2) is 0 Å². The summed E-state index contributed by atoms with van der Waals surface area (Å²) in [5.41, 5.74) is 0.758. The van der Waals surface area contributed by atoms with Gasteiger partial charge in [0, 0.05) is 12.8 Å². The number of rotatable bonds is 0. The first-order chi connectivity index (χ1) is 5.02. The van der Waals surface area contributed by atoms with Crippen LogP contribution in [0.4, 0.5) is 0 Å². The molecule has 2 aliphatic rings. The molecule has 2 bridgehead atoms. The van der Waals surface area contributed by atoms with Crippen molar-refractivity contribution in [2.75, 3.05) is 0 Å². The SMILES string of the molecule is C[C@]12CC[C@](C)(CC(=O)C1)C2. The van der Waals surface area contributed by atoms with Gasteiger partial charge >= 0.3 is 0 Å². The molecule has 0 N–H and O–H groups in total. The van der Waals surface area contributed by atoms with Crippen molar-refractivity contribution in [3.63, 3.8) is 0 Å². The lowest BCUT2D eigenvalue weighted by molar-refractivity contribution is -0.125. The van der Waals surface area contributed by atoms with Crippen molar-refractivity contribution in [1.82, 2.24) is 0 Å². The minimum absolute atomic E-state index is 0.379. The van der Waals surface area contributed by atoms with Gasteiger partial charge in [-0.05, 0) is 30.1 Å². The van der Waals surface area contributed by atoms with Crippen LogP contribution < -0.4 is 0 Å². The van der Waals surface area contributed by atoms with Crippen molar-refractivity contribution in [3.05, 3.63) is 0 Å². The molecule has 0 unspecified atom stereocenters. The number of ketones is 1. The molecule has 0 radical (unpaired) electrons. The number of carbonyl (C=O) groups is 1. The minimum atomic E-state index is 0.379. The topological polar surface area (TPSA) is 17.1 Å². The minimum Gasteiger partial charge on any atom is -0.300 e. The highest BCUT2D eigenvalue weighted by Crippen LogP contribution is 2.56. The van der Waals surface area contributed by atoms with E-state index in [0.717, 1.165) is 12.8 Å². The van der Waals surface area contributed by atoms with Crippen LogP contribution in [0.3, 0.4) is 0 Å². The van der Waals surface area contributed by atoms with Crippen molar-refractivity contribution in [1.29, 1.82) is 0 Å². The monoisotopic (exact) mass is 152 g/mol. The predicted molar refractivity (Wildman–Crippen MR) is 44.3 cm³/mol. The summed E-state index contributed by atoms with van der Waals surface area (Å²) in [5.74, 6) is 0.499. The predicted octanol–water partition coefficient (Wildman–Crippen LogP) is 2.55. The van der Waals surface area contributed by atoms with Crippen molar-refractivity contribution in [2.45, 2.75) is 46.0 Å². The maximum Gasteiger partial charge on any atom is 0.133 e. The number of fused-ring (bicyclic) bond motifs is 2. The zero-order valence-corrected chi connectivity index (χ0v) is 7.44. The molecule has 0 aromatic rings. The van der Waals surface area contributed by atoms with Gasteiger partial charge in [0.05, 0.1) is 0 Å². The van der Waals surface area contributed by atoms with Crippen molar-refractivity contribution >= 4 is 5.78 Å². The quantitative estimate of drug-likeness (QED) is 0.521. The fourth-order valence-electron chi connectivity index (χ4n) is 3.13. The molecule has 0 aromatic carbocycles. The molecule has 1 heteroatoms. The number of carbonyl (C=O) groups excluding carboxylic acids is 1. The fourth-order valence-corrected chi connectivity index (χ4v) is 3.13. The van der Waals surface area contributed by atoms with Crippen LogP contribution in [0.15, 0.2) is 0 Å². The highest BCUT2D eigenvalue weighted by Gasteiger charge is 2.48. The Hall–Kier alpha value is -0.330. The van der Waals surface area contributed by atoms with Crippen LogP contribution in [0.2, 0.25) is 0 Å². The van der Waals surface area contributed by atoms with Crippen LogP contribution in [0.5, 0.6) is 0 Å². The normalized spacial score (nSPS) is 49.8. The van der Waals surface area contributed by atoms with Crippen molar-refractivity contribution in [3.8, 4) is 0 Å². The molecule has 2 atom stereocenters. The molecule has 11 heavy (non-hydrogen) atoms. The Morgan fingerprint density at radius 1 is 1.09 bits per heavy atom. The smallest absolute Gasteiger partial charge is 0.133 e. The molecule has 0 aromatic heterocycles. The standard InChI is InChI=1S/C10H16O/c1-9-3-4-10(2,7-9)6-8(11)5-9/h3-7H2,1-2H3/t9-,10+. The Labute approximate surface area is 68.2 Å². The van der Waals surface area contributed by atoms with E-state index in [4.69, 9.17) is 0 Å². The maximum atomic E-state index is 11.3. The summed E-state index contributed by atoms with van der Waals surface area (Å²) in [4.78, 5) is 11.3. The summed E-state index contributed by atoms with van der Waals surface area (Å²) in [6.07, 6.45) is 5.53. The van der Waals surface area contributed by atoms with E-state index in [1.807, 2.05) is 0 Å². The maximum absolute atomic E-state index is 11.3. The van der Waals surface area contributed by atoms with Crippen LogP contribution in [0.1, 0.15) is 46.0 Å². The number of hydrogen-bond acceptors (Lipinski definition) is 1. The Bertz CT molecular complexity index is 189. The molecule has 1 nitrogen and oxygen atoms in total. The average Bonchev–Trinajstić information content (AvgIpc) is 2.01. The molecule has 2 saturated carbocycles. The summed E-state index contributed by atoms with van der Waals surface area (Å²) >= 11 is 0. The number of hydrogen-bond donors (Lipinski definition) is 0. The lowest BCUT2D eigenvalue weighted by Crippen LogP contribution is -2.29. The van der Waals surface area contributed by atoms with Crippen LogP contribution in [0, 0.1) is 10.8 Å². The van der Waals surface area contributed by atoms with Gasteiger partial charge in [-0.15, -0.1) is 0 Å². The van der Waals surface area contributed by atoms with E-state index in [2.05, 4.69) is 13.8 Å². The lowest BCUT2D eigenvalue weighted by atomic mass is 9.70. The molecule has 2 rings (SSSR count). The summed E-state index contributed by atoms with van der Waals surface area (Å²) in [6, 6.07) is 0. The average molecular weight is 152 g/mol. The molecular weight excluding hydrogens is 136 g/mol. The highest BCUT2D eigenvalue weighted by atomic mass is 16.1. The first-order valence-electron chi connectivity index (χ1n) is 4.53. The molecule has 0 heterocycles. The van der Waals surface area contributed by atoms with Crippen LogP contribution in [-0.2, 0) is 4.79 Å². The van der Waals surface area contributed by atoms with Crippen molar-refractivity contribution in [2.24, 2.45) is 10.8 Å². The van der Waals surface area contributed by atoms with Gasteiger partial charge in [0.1, 0.15) is 5.78 Å². The molecule has 0 aliphatic heterocycles. The molecule has 0 saturated heterocycles. The molecule has 0 spiro atoms. The van der Waals surface area contributed by atoms with Gasteiger partial charge < -0.3 is 0 Å². The third kappa shape index (κ3) is 1.11. The lowest BCUT2D eigenvalue weighted by Gasteiger charge is -2.33. The van der Waals surface area contributed by atoms with Gasteiger partial charge in [0.2, 0.25) is 0 Å².